The highest BCUT2D eigenvalue weighted by atomic mass is 16.5. The zero-order valence-corrected chi connectivity index (χ0v) is 9.36. The van der Waals surface area contributed by atoms with Crippen LogP contribution in [0.2, 0.25) is 0 Å². The molecule has 0 unspecified atom stereocenters. The molecule has 1 rings (SSSR count). The molecule has 0 N–H and O–H groups in total. The van der Waals surface area contributed by atoms with E-state index in [9.17, 15) is 4.79 Å². The van der Waals surface area contributed by atoms with Crippen LogP contribution in [0.5, 0.6) is 5.88 Å². The lowest BCUT2D eigenvalue weighted by Gasteiger charge is -2.07. The molecule has 0 aliphatic heterocycles. The van der Waals surface area contributed by atoms with E-state index < -0.39 is 0 Å². The van der Waals surface area contributed by atoms with Crippen molar-refractivity contribution in [3.05, 3.63) is 17.6 Å². The third kappa shape index (κ3) is 3.65. The van der Waals surface area contributed by atoms with Crippen LogP contribution < -0.4 is 4.74 Å². The van der Waals surface area contributed by atoms with Gasteiger partial charge in [-0.05, 0) is 5.92 Å². The van der Waals surface area contributed by atoms with E-state index in [0.717, 1.165) is 18.5 Å². The molecule has 0 saturated heterocycles. The number of nitrogens with zero attached hydrogens (tertiary/aromatic N) is 2. The van der Waals surface area contributed by atoms with E-state index in [0.29, 0.717) is 23.9 Å². The second-order valence-electron chi connectivity index (χ2n) is 3.79. The number of rotatable bonds is 5. The molecule has 4 heteroatoms. The Morgan fingerprint density at radius 1 is 1.47 bits per heavy atom. The minimum atomic E-state index is 0.309. The van der Waals surface area contributed by atoms with Crippen molar-refractivity contribution in [1.82, 2.24) is 9.97 Å². The van der Waals surface area contributed by atoms with E-state index in [1.165, 1.54) is 0 Å². The first-order chi connectivity index (χ1) is 7.15. The third-order valence-electron chi connectivity index (χ3n) is 1.89. The van der Waals surface area contributed by atoms with Crippen molar-refractivity contribution in [3.63, 3.8) is 0 Å². The summed E-state index contributed by atoms with van der Waals surface area (Å²) in [4.78, 5) is 18.9. The van der Waals surface area contributed by atoms with Gasteiger partial charge in [0.2, 0.25) is 5.88 Å². The average Bonchev–Trinajstić information content (AvgIpc) is 2.16. The SMILES string of the molecule is COc1cc(CC=O)nc(CC(C)C)n1. The molecule has 0 bridgehead atoms. The molecule has 0 saturated carbocycles. The quantitative estimate of drug-likeness (QED) is 0.687. The first-order valence-electron chi connectivity index (χ1n) is 5.00. The minimum Gasteiger partial charge on any atom is -0.481 e. The van der Waals surface area contributed by atoms with Crippen molar-refractivity contribution in [2.75, 3.05) is 7.11 Å². The number of carbonyl (C=O) groups is 1. The van der Waals surface area contributed by atoms with Gasteiger partial charge in [0.1, 0.15) is 12.1 Å². The van der Waals surface area contributed by atoms with Crippen LogP contribution in [-0.2, 0) is 17.6 Å². The van der Waals surface area contributed by atoms with Crippen molar-refractivity contribution in [3.8, 4) is 5.88 Å². The first-order valence-corrected chi connectivity index (χ1v) is 5.00. The van der Waals surface area contributed by atoms with Crippen LogP contribution in [0.4, 0.5) is 0 Å². The molecule has 0 radical (unpaired) electrons. The second-order valence-corrected chi connectivity index (χ2v) is 3.79. The highest BCUT2D eigenvalue weighted by molar-refractivity contribution is 5.53. The predicted molar refractivity (Wildman–Crippen MR) is 56.9 cm³/mol. The lowest BCUT2D eigenvalue weighted by atomic mass is 10.1. The largest absolute Gasteiger partial charge is 0.481 e. The Bertz CT molecular complexity index is 337. The van der Waals surface area contributed by atoms with Crippen LogP contribution in [0.1, 0.15) is 25.4 Å². The summed E-state index contributed by atoms with van der Waals surface area (Å²) in [7, 11) is 1.56. The predicted octanol–water partition coefficient (Wildman–Crippen LogP) is 1.43. The van der Waals surface area contributed by atoms with Crippen LogP contribution in [-0.4, -0.2) is 23.4 Å². The summed E-state index contributed by atoms with van der Waals surface area (Å²) in [6.45, 7) is 4.20. The van der Waals surface area contributed by atoms with Crippen molar-refractivity contribution >= 4 is 6.29 Å². The number of methoxy groups -OCH3 is 1. The standard InChI is InChI=1S/C11H16N2O2/c1-8(2)6-10-12-9(4-5-14)7-11(13-10)15-3/h5,7-8H,4,6H2,1-3H3. The summed E-state index contributed by atoms with van der Waals surface area (Å²) in [5.41, 5.74) is 0.715. The van der Waals surface area contributed by atoms with Crippen LogP contribution in [0.15, 0.2) is 6.07 Å². The Hall–Kier alpha value is -1.45. The van der Waals surface area contributed by atoms with Crippen LogP contribution in [0.3, 0.4) is 0 Å². The molecule has 1 aromatic rings. The summed E-state index contributed by atoms with van der Waals surface area (Å²) < 4.78 is 5.06. The fourth-order valence-corrected chi connectivity index (χ4v) is 1.28. The van der Waals surface area contributed by atoms with Gasteiger partial charge in [-0.15, -0.1) is 0 Å². The summed E-state index contributed by atoms with van der Waals surface area (Å²) in [5.74, 6) is 1.75. The third-order valence-corrected chi connectivity index (χ3v) is 1.89. The van der Waals surface area contributed by atoms with Crippen LogP contribution >= 0.6 is 0 Å². The molecule has 1 aromatic heterocycles. The molecule has 0 amide bonds. The van der Waals surface area contributed by atoms with Crippen molar-refractivity contribution in [1.29, 1.82) is 0 Å². The van der Waals surface area contributed by atoms with Gasteiger partial charge < -0.3 is 9.53 Å². The van der Waals surface area contributed by atoms with E-state index in [1.807, 2.05) is 0 Å². The molecule has 0 aliphatic carbocycles. The average molecular weight is 208 g/mol. The maximum Gasteiger partial charge on any atom is 0.216 e. The molecule has 0 aromatic carbocycles. The summed E-state index contributed by atoms with van der Waals surface area (Å²) in [5, 5.41) is 0. The summed E-state index contributed by atoms with van der Waals surface area (Å²) in [6, 6.07) is 1.69. The molecule has 0 fully saturated rings. The van der Waals surface area contributed by atoms with Gasteiger partial charge in [0, 0.05) is 18.9 Å². The Morgan fingerprint density at radius 3 is 2.73 bits per heavy atom. The molecule has 0 aliphatic rings. The van der Waals surface area contributed by atoms with Gasteiger partial charge in [-0.2, -0.15) is 4.98 Å². The Kier molecular flexibility index (Phi) is 4.21. The molecular formula is C11H16N2O2. The van der Waals surface area contributed by atoms with Gasteiger partial charge in [0.25, 0.3) is 0 Å². The molecule has 15 heavy (non-hydrogen) atoms. The topological polar surface area (TPSA) is 52.1 Å². The van der Waals surface area contributed by atoms with Gasteiger partial charge >= 0.3 is 0 Å². The number of aldehydes is 1. The number of ether oxygens (including phenoxy) is 1. The van der Waals surface area contributed by atoms with E-state index in [4.69, 9.17) is 4.74 Å². The van der Waals surface area contributed by atoms with Crippen molar-refractivity contribution in [2.45, 2.75) is 26.7 Å². The monoisotopic (exact) mass is 208 g/mol. The highest BCUT2D eigenvalue weighted by Gasteiger charge is 2.06. The smallest absolute Gasteiger partial charge is 0.216 e. The minimum absolute atomic E-state index is 0.309. The van der Waals surface area contributed by atoms with Gasteiger partial charge in [0.05, 0.1) is 12.8 Å². The van der Waals surface area contributed by atoms with Gasteiger partial charge in [-0.1, -0.05) is 13.8 Å². The van der Waals surface area contributed by atoms with E-state index >= 15 is 0 Å². The Balaban J connectivity index is 2.94. The zero-order valence-electron chi connectivity index (χ0n) is 9.36. The van der Waals surface area contributed by atoms with Gasteiger partial charge in [-0.25, -0.2) is 4.98 Å². The number of aromatic nitrogens is 2. The molecule has 4 nitrogen and oxygen atoms in total. The fourth-order valence-electron chi connectivity index (χ4n) is 1.28. The maximum absolute atomic E-state index is 10.4. The number of carbonyl (C=O) groups excluding carboxylic acids is 1. The molecular weight excluding hydrogens is 192 g/mol. The lowest BCUT2D eigenvalue weighted by Crippen LogP contribution is -2.05. The summed E-state index contributed by atoms with van der Waals surface area (Å²) in [6.07, 6.45) is 1.94. The molecule has 0 atom stereocenters. The van der Waals surface area contributed by atoms with E-state index in [2.05, 4.69) is 23.8 Å². The number of hydrogen-bond acceptors (Lipinski definition) is 4. The number of hydrogen-bond donors (Lipinski definition) is 0. The second kappa shape index (κ2) is 5.44. The van der Waals surface area contributed by atoms with Gasteiger partial charge in [0.15, 0.2) is 0 Å². The molecule has 0 spiro atoms. The summed E-state index contributed by atoms with van der Waals surface area (Å²) >= 11 is 0. The highest BCUT2D eigenvalue weighted by Crippen LogP contribution is 2.11. The first kappa shape index (κ1) is 11.6. The van der Waals surface area contributed by atoms with Gasteiger partial charge in [-0.3, -0.25) is 0 Å². The van der Waals surface area contributed by atoms with Crippen LogP contribution in [0, 0.1) is 5.92 Å². The van der Waals surface area contributed by atoms with Crippen molar-refractivity contribution < 1.29 is 9.53 Å². The zero-order chi connectivity index (χ0) is 11.3. The van der Waals surface area contributed by atoms with E-state index in [1.54, 1.807) is 13.2 Å². The normalized spacial score (nSPS) is 10.4. The Labute approximate surface area is 89.7 Å². The van der Waals surface area contributed by atoms with E-state index in [-0.39, 0.29) is 0 Å². The maximum atomic E-state index is 10.4. The molecule has 1 heterocycles. The fraction of sp³-hybridized carbons (Fsp3) is 0.545. The Morgan fingerprint density at radius 2 is 2.20 bits per heavy atom. The lowest BCUT2D eigenvalue weighted by molar-refractivity contribution is -0.107. The molecule has 82 valence electrons. The van der Waals surface area contributed by atoms with Crippen molar-refractivity contribution in [2.24, 2.45) is 5.92 Å². The van der Waals surface area contributed by atoms with Crippen LogP contribution in [0.25, 0.3) is 0 Å².